The van der Waals surface area contributed by atoms with Crippen molar-refractivity contribution in [1.29, 1.82) is 5.26 Å². The Bertz CT molecular complexity index is 1190. The maximum Gasteiger partial charge on any atom is 0.417 e. The molecule has 1 aromatic carbocycles. The number of alkyl halides is 3. The Morgan fingerprint density at radius 2 is 1.89 bits per heavy atom. The minimum atomic E-state index is -4.73. The quantitative estimate of drug-likeness (QED) is 0.477. The Morgan fingerprint density at radius 3 is 2.44 bits per heavy atom. The first kappa shape index (κ1) is 27.7. The molecule has 2 heterocycles. The summed E-state index contributed by atoms with van der Waals surface area (Å²) >= 11 is 0. The Balaban J connectivity index is 2.10. The average molecular weight is 519 g/mol. The first-order chi connectivity index (χ1) is 16.5. The fourth-order valence-corrected chi connectivity index (χ4v) is 5.49. The smallest absolute Gasteiger partial charge is 0.411 e. The number of pyridine rings is 1. The van der Waals surface area contributed by atoms with Crippen LogP contribution in [-0.2, 0) is 15.4 Å². The molecule has 0 unspecified atom stereocenters. The van der Waals surface area contributed by atoms with Gasteiger partial charge in [-0.15, -0.1) is 0 Å². The number of hydrogen-bond acceptors (Lipinski definition) is 5. The SMILES string of the molecule is Cc1cccc(NC(=O)[C@@H]2[C@H](O[Si](C)(C)C(C)(C)C)CCN2c2nc(C)cc(C(F)(F)F)c2C#N)c1. The van der Waals surface area contributed by atoms with Crippen molar-refractivity contribution < 1.29 is 22.4 Å². The summed E-state index contributed by atoms with van der Waals surface area (Å²) in [6.45, 7) is 14.0. The van der Waals surface area contributed by atoms with E-state index in [-0.39, 0.29) is 23.1 Å². The van der Waals surface area contributed by atoms with Crippen molar-refractivity contribution in [3.8, 4) is 6.07 Å². The van der Waals surface area contributed by atoms with Gasteiger partial charge in [-0.3, -0.25) is 4.79 Å². The molecular formula is C26H33F3N4O2Si. The van der Waals surface area contributed by atoms with Crippen molar-refractivity contribution in [2.24, 2.45) is 0 Å². The molecule has 0 bridgehead atoms. The number of nitrogens with zero attached hydrogens (tertiary/aromatic N) is 3. The highest BCUT2D eigenvalue weighted by molar-refractivity contribution is 6.74. The largest absolute Gasteiger partial charge is 0.417 e. The second kappa shape index (κ2) is 9.86. The van der Waals surface area contributed by atoms with E-state index < -0.39 is 43.7 Å². The van der Waals surface area contributed by atoms with Gasteiger partial charge in [0.15, 0.2) is 8.32 Å². The molecule has 1 saturated heterocycles. The Labute approximate surface area is 211 Å². The Morgan fingerprint density at radius 1 is 1.22 bits per heavy atom. The summed E-state index contributed by atoms with van der Waals surface area (Å²) in [6, 6.07) is 8.87. The summed E-state index contributed by atoms with van der Waals surface area (Å²) in [5.74, 6) is -0.557. The predicted molar refractivity (Wildman–Crippen MR) is 136 cm³/mol. The van der Waals surface area contributed by atoms with E-state index in [1.54, 1.807) is 12.1 Å². The number of rotatable bonds is 5. The zero-order chi connectivity index (χ0) is 27.1. The molecule has 1 aromatic heterocycles. The fourth-order valence-electron chi connectivity index (χ4n) is 4.13. The van der Waals surface area contributed by atoms with E-state index >= 15 is 0 Å². The molecule has 6 nitrogen and oxygen atoms in total. The highest BCUT2D eigenvalue weighted by Gasteiger charge is 2.48. The molecular weight excluding hydrogens is 485 g/mol. The molecule has 2 aromatic rings. The molecule has 36 heavy (non-hydrogen) atoms. The topological polar surface area (TPSA) is 78.2 Å². The van der Waals surface area contributed by atoms with E-state index in [0.29, 0.717) is 12.1 Å². The lowest BCUT2D eigenvalue weighted by Gasteiger charge is -2.40. The van der Waals surface area contributed by atoms with Crippen LogP contribution in [0.25, 0.3) is 0 Å². The highest BCUT2D eigenvalue weighted by atomic mass is 28.4. The number of nitriles is 1. The first-order valence-electron chi connectivity index (χ1n) is 11.9. The van der Waals surface area contributed by atoms with Crippen molar-refractivity contribution in [2.45, 2.75) is 77.5 Å². The van der Waals surface area contributed by atoms with Gasteiger partial charge in [0.25, 0.3) is 0 Å². The second-order valence-electron chi connectivity index (χ2n) is 10.8. The molecule has 0 spiro atoms. The Kier molecular flexibility index (Phi) is 7.58. The zero-order valence-corrected chi connectivity index (χ0v) is 22.7. The van der Waals surface area contributed by atoms with Gasteiger partial charge in [0.1, 0.15) is 23.5 Å². The van der Waals surface area contributed by atoms with Crippen molar-refractivity contribution in [3.63, 3.8) is 0 Å². The van der Waals surface area contributed by atoms with E-state index in [4.69, 9.17) is 4.43 Å². The van der Waals surface area contributed by atoms with Crippen LogP contribution in [0.3, 0.4) is 0 Å². The van der Waals surface area contributed by atoms with Gasteiger partial charge in [0, 0.05) is 17.9 Å². The van der Waals surface area contributed by atoms with Crippen LogP contribution in [0.2, 0.25) is 18.1 Å². The molecule has 3 rings (SSSR count). The molecule has 1 aliphatic heterocycles. The van der Waals surface area contributed by atoms with E-state index in [2.05, 4.69) is 44.2 Å². The van der Waals surface area contributed by atoms with Gasteiger partial charge in [0.2, 0.25) is 5.91 Å². The van der Waals surface area contributed by atoms with Gasteiger partial charge in [-0.25, -0.2) is 4.98 Å². The second-order valence-corrected chi connectivity index (χ2v) is 15.6. The third-order valence-electron chi connectivity index (χ3n) is 6.97. The number of aryl methyl sites for hydroxylation is 2. The molecule has 1 amide bonds. The fraction of sp³-hybridized carbons (Fsp3) is 0.500. The molecule has 0 radical (unpaired) electrons. The summed E-state index contributed by atoms with van der Waals surface area (Å²) in [6.07, 6.45) is -4.89. The molecule has 0 aliphatic carbocycles. The van der Waals surface area contributed by atoms with Gasteiger partial charge in [0.05, 0.1) is 11.7 Å². The maximum absolute atomic E-state index is 13.8. The number of hydrogen-bond donors (Lipinski definition) is 1. The van der Waals surface area contributed by atoms with E-state index in [0.717, 1.165) is 11.6 Å². The van der Waals surface area contributed by atoms with Crippen molar-refractivity contribution in [2.75, 3.05) is 16.8 Å². The van der Waals surface area contributed by atoms with Crippen LogP contribution in [0, 0.1) is 25.2 Å². The lowest BCUT2D eigenvalue weighted by molar-refractivity contribution is -0.137. The summed E-state index contributed by atoms with van der Waals surface area (Å²) in [7, 11) is -2.33. The number of aromatic nitrogens is 1. The van der Waals surface area contributed by atoms with Gasteiger partial charge < -0.3 is 14.6 Å². The zero-order valence-electron chi connectivity index (χ0n) is 21.7. The summed E-state index contributed by atoms with van der Waals surface area (Å²) < 4.78 is 48.0. The molecule has 194 valence electrons. The van der Waals surface area contributed by atoms with Crippen molar-refractivity contribution in [3.05, 3.63) is 52.7 Å². The number of benzene rings is 1. The number of anilines is 2. The number of carbonyl (C=O) groups excluding carboxylic acids is 1. The highest BCUT2D eigenvalue weighted by Crippen LogP contribution is 2.42. The van der Waals surface area contributed by atoms with E-state index in [1.807, 2.05) is 25.1 Å². The monoisotopic (exact) mass is 518 g/mol. The first-order valence-corrected chi connectivity index (χ1v) is 14.8. The summed E-state index contributed by atoms with van der Waals surface area (Å²) in [5, 5.41) is 12.5. The van der Waals surface area contributed by atoms with Gasteiger partial charge in [-0.05, 0) is 62.2 Å². The standard InChI is InChI=1S/C26H33F3N4O2Si/c1-16-9-8-10-18(13-16)32-24(34)22-21(35-36(6,7)25(3,4)5)11-12-33(22)23-19(15-30)20(26(27,28)29)14-17(2)31-23/h8-10,13-14,21-22H,11-12H2,1-7H3,(H,32,34)/t21-,22+/m1/s1. The Hall–Kier alpha value is -2.90. The molecule has 10 heteroatoms. The molecule has 1 fully saturated rings. The lowest BCUT2D eigenvalue weighted by Crippen LogP contribution is -2.52. The summed E-state index contributed by atoms with van der Waals surface area (Å²) in [5.41, 5.74) is -0.00447. The van der Waals surface area contributed by atoms with Crippen LogP contribution < -0.4 is 10.2 Å². The van der Waals surface area contributed by atoms with Gasteiger partial charge in [-0.2, -0.15) is 18.4 Å². The average Bonchev–Trinajstić information content (AvgIpc) is 3.14. The van der Waals surface area contributed by atoms with Crippen LogP contribution >= 0.6 is 0 Å². The van der Waals surface area contributed by atoms with Crippen LogP contribution in [0.4, 0.5) is 24.7 Å². The predicted octanol–water partition coefficient (Wildman–Crippen LogP) is 6.20. The molecule has 1 aliphatic rings. The van der Waals surface area contributed by atoms with Crippen molar-refractivity contribution in [1.82, 2.24) is 4.98 Å². The number of carbonyl (C=O) groups is 1. The number of halogens is 3. The third kappa shape index (κ3) is 5.73. The van der Waals surface area contributed by atoms with Crippen LogP contribution in [0.15, 0.2) is 30.3 Å². The molecule has 1 N–H and O–H groups in total. The molecule has 2 atom stereocenters. The number of amides is 1. The normalized spacial score (nSPS) is 18.8. The summed E-state index contributed by atoms with van der Waals surface area (Å²) in [4.78, 5) is 19.5. The maximum atomic E-state index is 13.8. The van der Waals surface area contributed by atoms with Crippen LogP contribution in [0.5, 0.6) is 0 Å². The minimum absolute atomic E-state index is 0.114. The minimum Gasteiger partial charge on any atom is -0.411 e. The third-order valence-corrected chi connectivity index (χ3v) is 11.5. The van der Waals surface area contributed by atoms with E-state index in [9.17, 15) is 23.2 Å². The number of nitrogens with one attached hydrogen (secondary N) is 1. The van der Waals surface area contributed by atoms with Crippen LogP contribution in [0.1, 0.15) is 49.6 Å². The van der Waals surface area contributed by atoms with E-state index in [1.165, 1.54) is 11.8 Å². The van der Waals surface area contributed by atoms with Crippen LogP contribution in [-0.4, -0.2) is 37.9 Å². The van der Waals surface area contributed by atoms with Gasteiger partial charge >= 0.3 is 6.18 Å². The van der Waals surface area contributed by atoms with Crippen molar-refractivity contribution >= 4 is 25.7 Å². The van der Waals surface area contributed by atoms with Gasteiger partial charge in [-0.1, -0.05) is 32.9 Å². The molecule has 0 saturated carbocycles. The lowest BCUT2D eigenvalue weighted by atomic mass is 10.1.